The van der Waals surface area contributed by atoms with Crippen LogP contribution in [0.15, 0.2) is 53.3 Å². The van der Waals surface area contributed by atoms with Crippen LogP contribution in [0.1, 0.15) is 17.0 Å². The van der Waals surface area contributed by atoms with Gasteiger partial charge in [-0.3, -0.25) is 9.59 Å². The maximum absolute atomic E-state index is 12.2. The molecule has 3 heterocycles. The van der Waals surface area contributed by atoms with Crippen molar-refractivity contribution >= 4 is 46.0 Å². The number of benzene rings is 1. The second kappa shape index (κ2) is 8.99. The third kappa shape index (κ3) is 4.73. The van der Waals surface area contributed by atoms with Gasteiger partial charge in [-0.2, -0.15) is 0 Å². The number of hydrogen-bond donors (Lipinski definition) is 3. The first kappa shape index (κ1) is 20.6. The molecule has 0 saturated carbocycles. The fraction of sp³-hybridized carbons (Fsp3) is 0.143. The lowest BCUT2D eigenvalue weighted by Gasteiger charge is -2.07. The van der Waals surface area contributed by atoms with Gasteiger partial charge in [0.25, 0.3) is 5.91 Å². The van der Waals surface area contributed by atoms with E-state index in [1.54, 1.807) is 36.4 Å². The van der Waals surface area contributed by atoms with E-state index in [1.165, 1.54) is 19.6 Å². The highest BCUT2D eigenvalue weighted by Gasteiger charge is 2.14. The Hall–Kier alpha value is -3.69. The summed E-state index contributed by atoms with van der Waals surface area (Å²) < 4.78 is 10.0. The lowest BCUT2D eigenvalue weighted by Crippen LogP contribution is -2.13. The summed E-state index contributed by atoms with van der Waals surface area (Å²) in [6, 6.07) is 9.99. The van der Waals surface area contributed by atoms with Crippen LogP contribution in [-0.4, -0.2) is 40.5 Å². The topological polar surface area (TPSA) is 122 Å². The van der Waals surface area contributed by atoms with Crippen molar-refractivity contribution in [3.8, 4) is 11.4 Å². The van der Waals surface area contributed by atoms with E-state index in [1.807, 2.05) is 0 Å². The zero-order chi connectivity index (χ0) is 21.8. The van der Waals surface area contributed by atoms with Gasteiger partial charge in [0.05, 0.1) is 41.7 Å². The van der Waals surface area contributed by atoms with Crippen LogP contribution in [0.5, 0.6) is 0 Å². The van der Waals surface area contributed by atoms with E-state index in [-0.39, 0.29) is 24.0 Å². The predicted molar refractivity (Wildman–Crippen MR) is 116 cm³/mol. The number of rotatable bonds is 7. The number of nitrogens with one attached hydrogen (secondary N) is 3. The fourth-order valence-corrected chi connectivity index (χ4v) is 3.11. The summed E-state index contributed by atoms with van der Waals surface area (Å²) in [5.41, 5.74) is 2.74. The molecule has 0 aliphatic carbocycles. The van der Waals surface area contributed by atoms with E-state index in [4.69, 9.17) is 20.8 Å². The Labute approximate surface area is 181 Å². The number of anilines is 2. The highest BCUT2D eigenvalue weighted by atomic mass is 35.5. The Kier molecular flexibility index (Phi) is 5.96. The van der Waals surface area contributed by atoms with E-state index in [0.29, 0.717) is 45.6 Å². The molecule has 0 aliphatic rings. The van der Waals surface area contributed by atoms with Crippen LogP contribution in [-0.2, 0) is 9.53 Å². The molecule has 1 aromatic carbocycles. The van der Waals surface area contributed by atoms with Gasteiger partial charge in [0.1, 0.15) is 5.82 Å². The number of nitrogens with zero attached hydrogens (tertiary/aromatic N) is 2. The summed E-state index contributed by atoms with van der Waals surface area (Å²) in [5, 5.41) is 5.97. The summed E-state index contributed by atoms with van der Waals surface area (Å²) in [5.74, 6) is 0.123. The molecule has 0 unspecified atom stereocenters. The number of aromatic nitrogens is 3. The van der Waals surface area contributed by atoms with Crippen LogP contribution < -0.4 is 10.6 Å². The number of H-pyrrole nitrogens is 1. The van der Waals surface area contributed by atoms with Gasteiger partial charge in [0.2, 0.25) is 5.91 Å². The summed E-state index contributed by atoms with van der Waals surface area (Å²) in [6.45, 7) is 0.334. The predicted octanol–water partition coefficient (Wildman–Crippen LogP) is 4.10. The van der Waals surface area contributed by atoms with Crippen LogP contribution in [0.3, 0.4) is 0 Å². The van der Waals surface area contributed by atoms with Crippen molar-refractivity contribution in [2.45, 2.75) is 6.42 Å². The first-order chi connectivity index (χ1) is 15.0. The molecule has 3 N–H and O–H groups in total. The number of aromatic amines is 1. The Morgan fingerprint density at radius 3 is 2.84 bits per heavy atom. The lowest BCUT2D eigenvalue weighted by molar-refractivity contribution is -0.117. The van der Waals surface area contributed by atoms with Crippen LogP contribution in [0.4, 0.5) is 11.4 Å². The molecule has 0 bridgehead atoms. The molecular formula is C21H18ClN5O4. The van der Waals surface area contributed by atoms with Crippen molar-refractivity contribution in [1.29, 1.82) is 0 Å². The van der Waals surface area contributed by atoms with Crippen molar-refractivity contribution in [2.75, 3.05) is 24.4 Å². The summed E-state index contributed by atoms with van der Waals surface area (Å²) in [7, 11) is 1.54. The third-order valence-electron chi connectivity index (χ3n) is 4.38. The molecule has 10 heteroatoms. The minimum atomic E-state index is -0.376. The number of pyridine rings is 1. The maximum Gasteiger partial charge on any atom is 0.291 e. The molecule has 0 saturated heterocycles. The van der Waals surface area contributed by atoms with Crippen LogP contribution in [0, 0.1) is 0 Å². The second-order valence-electron chi connectivity index (χ2n) is 6.60. The molecule has 0 atom stereocenters. The monoisotopic (exact) mass is 439 g/mol. The number of amides is 2. The molecule has 0 aliphatic heterocycles. The number of hydrogen-bond acceptors (Lipinski definition) is 6. The van der Waals surface area contributed by atoms with Crippen LogP contribution >= 0.6 is 11.6 Å². The van der Waals surface area contributed by atoms with E-state index in [2.05, 4.69) is 25.6 Å². The molecule has 0 radical (unpaired) electrons. The van der Waals surface area contributed by atoms with E-state index in [0.717, 1.165) is 0 Å². The van der Waals surface area contributed by atoms with Gasteiger partial charge >= 0.3 is 0 Å². The molecule has 4 rings (SSSR count). The van der Waals surface area contributed by atoms with E-state index in [9.17, 15) is 9.59 Å². The largest absolute Gasteiger partial charge is 0.459 e. The molecule has 0 spiro atoms. The molecule has 3 aromatic heterocycles. The first-order valence-corrected chi connectivity index (χ1v) is 9.70. The SMILES string of the molecule is COCCC(=O)Nc1cnc2nc(-c3cc(NC(=O)c4ccco4)ccc3Cl)[nH]c2c1. The molecule has 158 valence electrons. The number of imidazole rings is 1. The summed E-state index contributed by atoms with van der Waals surface area (Å²) in [4.78, 5) is 36.0. The van der Waals surface area contributed by atoms with Gasteiger partial charge < -0.3 is 24.8 Å². The van der Waals surface area contributed by atoms with Crippen molar-refractivity contribution in [2.24, 2.45) is 0 Å². The van der Waals surface area contributed by atoms with Crippen molar-refractivity contribution < 1.29 is 18.7 Å². The quantitative estimate of drug-likeness (QED) is 0.398. The number of methoxy groups -OCH3 is 1. The van der Waals surface area contributed by atoms with Crippen LogP contribution in [0.25, 0.3) is 22.6 Å². The molecule has 31 heavy (non-hydrogen) atoms. The number of carbonyl (C=O) groups excluding carboxylic acids is 2. The van der Waals surface area contributed by atoms with Gasteiger partial charge in [0.15, 0.2) is 11.4 Å². The molecule has 2 amide bonds. The van der Waals surface area contributed by atoms with E-state index < -0.39 is 0 Å². The smallest absolute Gasteiger partial charge is 0.291 e. The molecule has 0 fully saturated rings. The van der Waals surface area contributed by atoms with E-state index >= 15 is 0 Å². The number of furan rings is 1. The van der Waals surface area contributed by atoms with Gasteiger partial charge in [-0.05, 0) is 36.4 Å². The van der Waals surface area contributed by atoms with Crippen molar-refractivity contribution in [3.63, 3.8) is 0 Å². The summed E-state index contributed by atoms with van der Waals surface area (Å²) >= 11 is 6.36. The normalized spacial score (nSPS) is 10.9. The number of ether oxygens (including phenoxy) is 1. The molecule has 9 nitrogen and oxygen atoms in total. The Morgan fingerprint density at radius 2 is 2.06 bits per heavy atom. The zero-order valence-electron chi connectivity index (χ0n) is 16.4. The average molecular weight is 440 g/mol. The zero-order valence-corrected chi connectivity index (χ0v) is 17.2. The second-order valence-corrected chi connectivity index (χ2v) is 7.00. The number of fused-ring (bicyclic) bond motifs is 1. The van der Waals surface area contributed by atoms with Gasteiger partial charge in [-0.1, -0.05) is 11.6 Å². The number of halogens is 1. The summed E-state index contributed by atoms with van der Waals surface area (Å²) in [6.07, 6.45) is 3.20. The van der Waals surface area contributed by atoms with Gasteiger partial charge in [-0.25, -0.2) is 9.97 Å². The minimum absolute atomic E-state index is 0.175. The fourth-order valence-electron chi connectivity index (χ4n) is 2.90. The molecule has 4 aromatic rings. The van der Waals surface area contributed by atoms with Crippen molar-refractivity contribution in [3.05, 3.63) is 59.6 Å². The Bertz CT molecular complexity index is 1240. The van der Waals surface area contributed by atoms with Crippen molar-refractivity contribution in [1.82, 2.24) is 15.0 Å². The Morgan fingerprint density at radius 1 is 1.19 bits per heavy atom. The molecular weight excluding hydrogens is 422 g/mol. The Balaban J connectivity index is 1.57. The highest BCUT2D eigenvalue weighted by Crippen LogP contribution is 2.30. The average Bonchev–Trinajstić information content (AvgIpc) is 3.43. The standard InChI is InChI=1S/C21H18ClN5O4/c1-30-8-6-18(28)24-13-10-16-20(23-11-13)27-19(26-16)14-9-12(4-5-15(14)22)25-21(29)17-3-2-7-31-17/h2-5,7,9-11H,6,8H2,1H3,(H,24,28)(H,25,29)(H,23,26,27). The van der Waals surface area contributed by atoms with Crippen LogP contribution in [0.2, 0.25) is 5.02 Å². The minimum Gasteiger partial charge on any atom is -0.459 e. The lowest BCUT2D eigenvalue weighted by atomic mass is 10.2. The number of carbonyl (C=O) groups is 2. The first-order valence-electron chi connectivity index (χ1n) is 9.33. The van der Waals surface area contributed by atoms with Gasteiger partial charge in [-0.15, -0.1) is 0 Å². The third-order valence-corrected chi connectivity index (χ3v) is 4.71. The maximum atomic E-state index is 12.2. The highest BCUT2D eigenvalue weighted by molar-refractivity contribution is 6.33. The van der Waals surface area contributed by atoms with Gasteiger partial charge in [0, 0.05) is 18.4 Å².